The Kier molecular flexibility index (Phi) is 2.19. The van der Waals surface area contributed by atoms with Crippen LogP contribution >= 0.6 is 15.9 Å². The van der Waals surface area contributed by atoms with Gasteiger partial charge >= 0.3 is 0 Å². The van der Waals surface area contributed by atoms with Crippen LogP contribution in [-0.2, 0) is 4.74 Å². The summed E-state index contributed by atoms with van der Waals surface area (Å²) in [5, 5.41) is 0. The van der Waals surface area contributed by atoms with Crippen LogP contribution in [0.25, 0.3) is 0 Å². The van der Waals surface area contributed by atoms with E-state index in [1.54, 1.807) is 0 Å². The molecule has 0 N–H and O–H groups in total. The molecule has 1 aromatic heterocycles. The fourth-order valence-corrected chi connectivity index (χ4v) is 1.90. The molecule has 0 bridgehead atoms. The Bertz CT molecular complexity index is 279. The van der Waals surface area contributed by atoms with E-state index in [2.05, 4.69) is 20.9 Å². The topological polar surface area (TPSA) is 35.3 Å². The van der Waals surface area contributed by atoms with Gasteiger partial charge in [-0.25, -0.2) is 4.98 Å². The monoisotopic (exact) mass is 231 g/mol. The molecule has 0 aliphatic carbocycles. The van der Waals surface area contributed by atoms with Crippen LogP contribution in [0.5, 0.6) is 0 Å². The van der Waals surface area contributed by atoms with E-state index >= 15 is 0 Å². The Balaban J connectivity index is 2.25. The number of halogens is 1. The summed E-state index contributed by atoms with van der Waals surface area (Å²) in [6, 6.07) is 0. The molecule has 3 nitrogen and oxygen atoms in total. The maximum atomic E-state index is 5.49. The van der Waals surface area contributed by atoms with Crippen LogP contribution in [0.1, 0.15) is 30.4 Å². The van der Waals surface area contributed by atoms with Gasteiger partial charge in [-0.1, -0.05) is 0 Å². The van der Waals surface area contributed by atoms with Crippen molar-refractivity contribution >= 4 is 15.9 Å². The van der Waals surface area contributed by atoms with Gasteiger partial charge in [0.25, 0.3) is 4.80 Å². The summed E-state index contributed by atoms with van der Waals surface area (Å²) < 4.78 is 10.7. The first-order valence-electron chi connectivity index (χ1n) is 4.02. The van der Waals surface area contributed by atoms with Crippen LogP contribution in [0.3, 0.4) is 0 Å². The zero-order valence-electron chi connectivity index (χ0n) is 6.84. The van der Waals surface area contributed by atoms with Crippen molar-refractivity contribution in [3.8, 4) is 0 Å². The van der Waals surface area contributed by atoms with Crippen molar-refractivity contribution in [2.45, 2.75) is 25.9 Å². The van der Waals surface area contributed by atoms with E-state index in [0.717, 1.165) is 30.9 Å². The lowest BCUT2D eigenvalue weighted by Gasteiger charge is -2.04. The van der Waals surface area contributed by atoms with Crippen molar-refractivity contribution in [1.82, 2.24) is 4.98 Å². The van der Waals surface area contributed by atoms with Gasteiger partial charge in [0.2, 0.25) is 0 Å². The average molecular weight is 232 g/mol. The quantitative estimate of drug-likeness (QED) is 0.746. The van der Waals surface area contributed by atoms with Crippen molar-refractivity contribution < 1.29 is 9.15 Å². The smallest absolute Gasteiger partial charge is 0.264 e. The fraction of sp³-hybridized carbons (Fsp3) is 0.625. The van der Waals surface area contributed by atoms with Crippen LogP contribution in [0, 0.1) is 6.92 Å². The SMILES string of the molecule is Cc1oc(Br)nc1C1CCCO1. The summed E-state index contributed by atoms with van der Waals surface area (Å²) in [4.78, 5) is 4.76. The highest BCUT2D eigenvalue weighted by Crippen LogP contribution is 2.31. The molecule has 1 unspecified atom stereocenters. The molecule has 1 aromatic rings. The highest BCUT2D eigenvalue weighted by atomic mass is 79.9. The van der Waals surface area contributed by atoms with Gasteiger partial charge in [0.1, 0.15) is 17.6 Å². The molecular weight excluding hydrogens is 222 g/mol. The molecule has 1 aliphatic rings. The first-order chi connectivity index (χ1) is 5.77. The zero-order chi connectivity index (χ0) is 8.55. The van der Waals surface area contributed by atoms with Crippen molar-refractivity contribution in [2.24, 2.45) is 0 Å². The molecule has 1 saturated heterocycles. The van der Waals surface area contributed by atoms with E-state index < -0.39 is 0 Å². The Morgan fingerprint density at radius 2 is 2.42 bits per heavy atom. The summed E-state index contributed by atoms with van der Waals surface area (Å²) in [7, 11) is 0. The Morgan fingerprint density at radius 3 is 2.92 bits per heavy atom. The molecule has 1 fully saturated rings. The second-order valence-electron chi connectivity index (χ2n) is 2.91. The molecular formula is C8H10BrNO2. The lowest BCUT2D eigenvalue weighted by atomic mass is 10.1. The van der Waals surface area contributed by atoms with Crippen molar-refractivity contribution in [3.63, 3.8) is 0 Å². The summed E-state index contributed by atoms with van der Waals surface area (Å²) in [5.74, 6) is 0.855. The van der Waals surface area contributed by atoms with E-state index in [-0.39, 0.29) is 6.10 Å². The van der Waals surface area contributed by atoms with E-state index in [9.17, 15) is 0 Å². The molecule has 0 aromatic carbocycles. The van der Waals surface area contributed by atoms with Crippen LogP contribution in [0.4, 0.5) is 0 Å². The largest absolute Gasteiger partial charge is 0.436 e. The van der Waals surface area contributed by atoms with E-state index in [1.807, 2.05) is 6.92 Å². The van der Waals surface area contributed by atoms with Crippen LogP contribution in [-0.4, -0.2) is 11.6 Å². The first kappa shape index (κ1) is 8.26. The molecule has 0 amide bonds. The maximum Gasteiger partial charge on any atom is 0.264 e. The van der Waals surface area contributed by atoms with Gasteiger partial charge in [-0.2, -0.15) is 0 Å². The summed E-state index contributed by atoms with van der Waals surface area (Å²) in [5.41, 5.74) is 0.944. The molecule has 0 saturated carbocycles. The molecule has 4 heteroatoms. The molecule has 1 atom stereocenters. The lowest BCUT2D eigenvalue weighted by Crippen LogP contribution is -1.97. The summed E-state index contributed by atoms with van der Waals surface area (Å²) >= 11 is 3.20. The van der Waals surface area contributed by atoms with Crippen molar-refractivity contribution in [3.05, 3.63) is 16.3 Å². The normalized spacial score (nSPS) is 23.3. The molecule has 0 radical (unpaired) electrons. The van der Waals surface area contributed by atoms with E-state index in [0.29, 0.717) is 4.80 Å². The minimum absolute atomic E-state index is 0.153. The molecule has 12 heavy (non-hydrogen) atoms. The molecule has 2 rings (SSSR count). The van der Waals surface area contributed by atoms with Crippen LogP contribution in [0.2, 0.25) is 0 Å². The number of oxazole rings is 1. The van der Waals surface area contributed by atoms with Crippen molar-refractivity contribution in [1.29, 1.82) is 0 Å². The zero-order valence-corrected chi connectivity index (χ0v) is 8.43. The standard InChI is InChI=1S/C8H10BrNO2/c1-5-7(10-8(9)12-5)6-3-2-4-11-6/h6H,2-4H2,1H3. The highest BCUT2D eigenvalue weighted by molar-refractivity contribution is 9.10. The number of rotatable bonds is 1. The third-order valence-corrected chi connectivity index (χ3v) is 2.38. The van der Waals surface area contributed by atoms with E-state index in [4.69, 9.17) is 9.15 Å². The third kappa shape index (κ3) is 1.41. The first-order valence-corrected chi connectivity index (χ1v) is 4.81. The minimum Gasteiger partial charge on any atom is -0.436 e. The van der Waals surface area contributed by atoms with Crippen LogP contribution in [0.15, 0.2) is 9.22 Å². The maximum absolute atomic E-state index is 5.49. The molecule has 0 spiro atoms. The fourth-order valence-electron chi connectivity index (χ4n) is 1.47. The summed E-state index contributed by atoms with van der Waals surface area (Å²) in [6.07, 6.45) is 2.33. The van der Waals surface area contributed by atoms with Crippen molar-refractivity contribution in [2.75, 3.05) is 6.61 Å². The number of aromatic nitrogens is 1. The van der Waals surface area contributed by atoms with Gasteiger partial charge in [-0.05, 0) is 19.8 Å². The summed E-state index contributed by atoms with van der Waals surface area (Å²) in [6.45, 7) is 2.75. The Morgan fingerprint density at radius 1 is 1.58 bits per heavy atom. The number of nitrogens with zero attached hydrogens (tertiary/aromatic N) is 1. The number of hydrogen-bond donors (Lipinski definition) is 0. The molecule has 66 valence electrons. The van der Waals surface area contributed by atoms with Crippen LogP contribution < -0.4 is 0 Å². The second-order valence-corrected chi connectivity index (χ2v) is 3.59. The van der Waals surface area contributed by atoms with Gasteiger partial charge < -0.3 is 9.15 Å². The predicted molar refractivity (Wildman–Crippen MR) is 46.9 cm³/mol. The van der Waals surface area contributed by atoms with Gasteiger partial charge in [0.05, 0.1) is 0 Å². The second kappa shape index (κ2) is 3.18. The predicted octanol–water partition coefficient (Wildman–Crippen LogP) is 2.60. The van der Waals surface area contributed by atoms with Gasteiger partial charge in [-0.15, -0.1) is 0 Å². The number of aryl methyl sites for hydroxylation is 1. The lowest BCUT2D eigenvalue weighted by molar-refractivity contribution is 0.108. The molecule has 2 heterocycles. The average Bonchev–Trinajstić information content (AvgIpc) is 2.58. The van der Waals surface area contributed by atoms with Gasteiger partial charge in [-0.3, -0.25) is 0 Å². The number of ether oxygens (including phenoxy) is 1. The molecule has 1 aliphatic heterocycles. The Labute approximate surface area is 79.2 Å². The number of hydrogen-bond acceptors (Lipinski definition) is 3. The van der Waals surface area contributed by atoms with Gasteiger partial charge in [0.15, 0.2) is 0 Å². The highest BCUT2D eigenvalue weighted by Gasteiger charge is 2.23. The van der Waals surface area contributed by atoms with E-state index in [1.165, 1.54) is 0 Å². The van der Waals surface area contributed by atoms with Gasteiger partial charge in [0, 0.05) is 22.5 Å². The minimum atomic E-state index is 0.153. The Hall–Kier alpha value is -0.350. The third-order valence-electron chi connectivity index (χ3n) is 2.04.